The summed E-state index contributed by atoms with van der Waals surface area (Å²) in [5, 5.41) is 15.8. The summed E-state index contributed by atoms with van der Waals surface area (Å²) in [6.45, 7) is 6.04. The van der Waals surface area contributed by atoms with E-state index in [0.29, 0.717) is 10.1 Å². The molecule has 0 aromatic heterocycles. The summed E-state index contributed by atoms with van der Waals surface area (Å²) in [7, 11) is 0. The fourth-order valence-electron chi connectivity index (χ4n) is 6.02. The van der Waals surface area contributed by atoms with E-state index in [1.807, 2.05) is 66.0 Å². The average Bonchev–Trinajstić information content (AvgIpc) is 3.40. The van der Waals surface area contributed by atoms with Crippen LogP contribution in [0.1, 0.15) is 72.1 Å². The van der Waals surface area contributed by atoms with Crippen LogP contribution >= 0.6 is 45.2 Å². The normalized spacial score (nSPS) is 27.2. The molecule has 3 amide bonds. The van der Waals surface area contributed by atoms with E-state index in [-0.39, 0.29) is 35.5 Å². The third-order valence-electron chi connectivity index (χ3n) is 7.83. The molecule has 5 atom stereocenters. The van der Waals surface area contributed by atoms with Gasteiger partial charge in [-0.05, 0) is 75.5 Å². The largest absolute Gasteiger partial charge is 0.480 e. The van der Waals surface area contributed by atoms with E-state index in [9.17, 15) is 24.3 Å². The van der Waals surface area contributed by atoms with E-state index >= 15 is 0 Å². The molecule has 10 heteroatoms. The second-order valence-electron chi connectivity index (χ2n) is 11.2. The Labute approximate surface area is 235 Å². The second kappa shape index (κ2) is 12.1. The lowest BCUT2D eigenvalue weighted by Crippen LogP contribution is -2.61. The van der Waals surface area contributed by atoms with Crippen molar-refractivity contribution >= 4 is 68.9 Å². The van der Waals surface area contributed by atoms with Gasteiger partial charge in [-0.25, -0.2) is 4.79 Å². The fraction of sp³-hybridized carbons (Fsp3) is 0.760. The predicted molar refractivity (Wildman–Crippen MR) is 150 cm³/mol. The van der Waals surface area contributed by atoms with Gasteiger partial charge in [0.25, 0.3) is 5.91 Å². The highest BCUT2D eigenvalue weighted by Crippen LogP contribution is 2.43. The molecule has 2 saturated carbocycles. The van der Waals surface area contributed by atoms with Crippen molar-refractivity contribution in [3.05, 3.63) is 7.66 Å². The maximum atomic E-state index is 13.8. The number of amides is 3. The van der Waals surface area contributed by atoms with Crippen LogP contribution in [0.5, 0.6) is 0 Å². The summed E-state index contributed by atoms with van der Waals surface area (Å²) in [4.78, 5) is 53.7. The Morgan fingerprint density at radius 3 is 2.23 bits per heavy atom. The molecule has 0 radical (unpaired) electrons. The van der Waals surface area contributed by atoms with E-state index in [2.05, 4.69) is 10.6 Å². The molecule has 35 heavy (non-hydrogen) atoms. The van der Waals surface area contributed by atoms with Crippen molar-refractivity contribution in [2.45, 2.75) is 90.3 Å². The Kier molecular flexibility index (Phi) is 9.89. The summed E-state index contributed by atoms with van der Waals surface area (Å²) in [6, 6.07) is -2.48. The lowest BCUT2D eigenvalue weighted by Gasteiger charge is -2.37. The minimum absolute atomic E-state index is 0.000238. The highest BCUT2D eigenvalue weighted by molar-refractivity contribution is 14.1. The molecule has 3 rings (SSSR count). The van der Waals surface area contributed by atoms with Crippen LogP contribution in [0, 0.1) is 23.2 Å². The molecule has 0 bridgehead atoms. The molecular weight excluding hydrogens is 676 g/mol. The van der Waals surface area contributed by atoms with Gasteiger partial charge in [-0.1, -0.05) is 69.0 Å². The van der Waals surface area contributed by atoms with Gasteiger partial charge in [0.2, 0.25) is 11.8 Å². The monoisotopic (exact) mass is 713 g/mol. The summed E-state index contributed by atoms with van der Waals surface area (Å²) in [5.74, 6) is -1.82. The summed E-state index contributed by atoms with van der Waals surface area (Å²) >= 11 is 3.95. The van der Waals surface area contributed by atoms with Gasteiger partial charge in [-0.15, -0.1) is 0 Å². The Hall–Kier alpha value is -0.920. The first kappa shape index (κ1) is 28.6. The van der Waals surface area contributed by atoms with E-state index in [4.69, 9.17) is 0 Å². The van der Waals surface area contributed by atoms with Crippen LogP contribution in [-0.4, -0.2) is 58.4 Å². The molecule has 1 heterocycles. The molecule has 0 aromatic rings. The van der Waals surface area contributed by atoms with Crippen molar-refractivity contribution in [1.29, 1.82) is 0 Å². The molecule has 3 fully saturated rings. The lowest BCUT2D eigenvalue weighted by molar-refractivity contribution is -0.152. The van der Waals surface area contributed by atoms with Crippen LogP contribution in [0.25, 0.3) is 0 Å². The molecule has 0 spiro atoms. The molecule has 3 aliphatic rings. The van der Waals surface area contributed by atoms with Crippen molar-refractivity contribution in [3.63, 3.8) is 0 Å². The number of hydrogen-bond donors (Lipinski definition) is 3. The van der Waals surface area contributed by atoms with E-state index in [1.165, 1.54) is 4.90 Å². The van der Waals surface area contributed by atoms with Crippen molar-refractivity contribution < 1.29 is 24.3 Å². The van der Waals surface area contributed by atoms with Crippen molar-refractivity contribution in [1.82, 2.24) is 15.5 Å². The number of aliphatic carboxylic acids is 1. The van der Waals surface area contributed by atoms with E-state index < -0.39 is 29.5 Å². The zero-order chi connectivity index (χ0) is 25.9. The number of halogens is 2. The number of likely N-dealkylation sites (tertiary alicyclic amines) is 1. The van der Waals surface area contributed by atoms with E-state index in [1.54, 1.807) is 4.08 Å². The number of carboxylic acid groups (broad SMARTS) is 1. The number of hydrogen-bond acceptors (Lipinski definition) is 4. The summed E-state index contributed by atoms with van der Waals surface area (Å²) in [5.41, 5.74) is -0.634. The van der Waals surface area contributed by atoms with Gasteiger partial charge < -0.3 is 20.6 Å². The zero-order valence-electron chi connectivity index (χ0n) is 20.7. The third-order valence-corrected chi connectivity index (χ3v) is 10.4. The van der Waals surface area contributed by atoms with Crippen LogP contribution in [-0.2, 0) is 19.2 Å². The predicted octanol–water partition coefficient (Wildman–Crippen LogP) is 4.01. The van der Waals surface area contributed by atoms with Gasteiger partial charge in [0.15, 0.2) is 0 Å². The maximum absolute atomic E-state index is 13.8. The van der Waals surface area contributed by atoms with Gasteiger partial charge >= 0.3 is 5.97 Å². The molecule has 1 saturated heterocycles. The summed E-state index contributed by atoms with van der Waals surface area (Å²) in [6.07, 6.45) is 7.54. The molecule has 3 N–H and O–H groups in total. The average molecular weight is 713 g/mol. The number of carbonyl (C=O) groups excluding carboxylic acids is 3. The minimum Gasteiger partial charge on any atom is -0.480 e. The zero-order valence-corrected chi connectivity index (χ0v) is 25.0. The number of nitrogens with one attached hydrogen (secondary N) is 2. The van der Waals surface area contributed by atoms with Crippen LogP contribution < -0.4 is 10.6 Å². The van der Waals surface area contributed by atoms with Gasteiger partial charge in [0.1, 0.15) is 18.1 Å². The van der Waals surface area contributed by atoms with Crippen molar-refractivity contribution in [2.24, 2.45) is 23.2 Å². The molecule has 8 nitrogen and oxygen atoms in total. The number of carbonyl (C=O) groups is 4. The van der Waals surface area contributed by atoms with E-state index in [0.717, 1.165) is 51.4 Å². The molecular formula is C25H37I2N3O5. The fourth-order valence-corrected chi connectivity index (χ4v) is 6.46. The molecule has 1 aliphatic heterocycles. The quantitative estimate of drug-likeness (QED) is 0.273. The molecule has 196 valence electrons. The molecule has 0 aromatic carbocycles. The topological polar surface area (TPSA) is 116 Å². The van der Waals surface area contributed by atoms with Gasteiger partial charge in [-0.3, -0.25) is 14.4 Å². The number of nitrogens with zero attached hydrogens (tertiary/aromatic N) is 1. The van der Waals surface area contributed by atoms with Crippen LogP contribution in [0.3, 0.4) is 0 Å². The number of fused-ring (bicyclic) bond motifs is 1. The Morgan fingerprint density at radius 2 is 1.66 bits per heavy atom. The Balaban J connectivity index is 1.83. The second-order valence-corrected chi connectivity index (χ2v) is 13.0. The first-order valence-electron chi connectivity index (χ1n) is 12.6. The highest BCUT2D eigenvalue weighted by atomic mass is 127. The van der Waals surface area contributed by atoms with Crippen LogP contribution in [0.4, 0.5) is 0 Å². The van der Waals surface area contributed by atoms with Crippen molar-refractivity contribution in [3.8, 4) is 0 Å². The SMILES string of the molecule is CC(C)(C)[C@H](NC(=O)[C@@H](NC(=O)/C(I)=C/I)C1CCCCC1)C(=O)N1C[C@@H]2CCC[C@@H]2[C@H]1C(=O)O. The van der Waals surface area contributed by atoms with Gasteiger partial charge in [0.05, 0.1) is 3.58 Å². The van der Waals surface area contributed by atoms with Crippen LogP contribution in [0.2, 0.25) is 0 Å². The molecule has 2 aliphatic carbocycles. The minimum atomic E-state index is -0.973. The smallest absolute Gasteiger partial charge is 0.326 e. The van der Waals surface area contributed by atoms with Crippen molar-refractivity contribution in [2.75, 3.05) is 6.54 Å². The first-order chi connectivity index (χ1) is 16.5. The first-order valence-corrected chi connectivity index (χ1v) is 14.9. The highest BCUT2D eigenvalue weighted by Gasteiger charge is 2.52. The molecule has 0 unspecified atom stereocenters. The number of rotatable bonds is 7. The maximum Gasteiger partial charge on any atom is 0.326 e. The lowest BCUT2D eigenvalue weighted by atomic mass is 9.82. The van der Waals surface area contributed by atoms with Gasteiger partial charge in [0, 0.05) is 6.54 Å². The summed E-state index contributed by atoms with van der Waals surface area (Å²) < 4.78 is 2.16. The Morgan fingerprint density at radius 1 is 1.00 bits per heavy atom. The Bertz CT molecular complexity index is 866. The van der Waals surface area contributed by atoms with Gasteiger partial charge in [-0.2, -0.15) is 0 Å². The van der Waals surface area contributed by atoms with Crippen LogP contribution in [0.15, 0.2) is 7.66 Å². The number of carboxylic acids is 1. The third kappa shape index (κ3) is 6.70. The standard InChI is InChI=1S/C25H37I2N3O5/c1-25(2,3)20(23(33)30-13-15-10-7-11-16(15)19(30)24(34)35)29-22(32)18(14-8-5-4-6-9-14)28-21(31)17(27)12-26/h12,14-16,18-20H,4-11,13H2,1-3H3,(H,28,31)(H,29,32)(H,34,35)/b17-12-/t15-,16-,18-,19-,20+/m0/s1.